The standard InChI is InChI=1S/C22H19N5O/c23-11-15-2-1-3-17(10-15)22(28)26-13-18-6-9-27-20(16-4-7-24-8-5-16)12-25-21(27)19(18)14-26/h1-5,7-8,10,12,18-19H,6,9,13-14H2/t18-,19-/m0/s1. The molecule has 2 aromatic heterocycles. The van der Waals surface area contributed by atoms with E-state index in [9.17, 15) is 4.79 Å². The monoisotopic (exact) mass is 369 g/mol. The first kappa shape index (κ1) is 16.7. The Morgan fingerprint density at radius 1 is 1.18 bits per heavy atom. The Morgan fingerprint density at radius 3 is 2.86 bits per heavy atom. The van der Waals surface area contributed by atoms with Gasteiger partial charge in [0, 0.05) is 49.1 Å². The highest BCUT2D eigenvalue weighted by molar-refractivity contribution is 5.94. The number of amides is 1. The van der Waals surface area contributed by atoms with E-state index in [1.165, 1.54) is 0 Å². The molecule has 1 saturated heterocycles. The molecular formula is C22H19N5O. The van der Waals surface area contributed by atoms with Crippen LogP contribution >= 0.6 is 0 Å². The van der Waals surface area contributed by atoms with Crippen LogP contribution in [0.3, 0.4) is 0 Å². The second-order valence-electron chi connectivity index (χ2n) is 7.45. The Hall–Kier alpha value is -3.46. The molecule has 3 aromatic rings. The highest BCUT2D eigenvalue weighted by Crippen LogP contribution is 2.40. The summed E-state index contributed by atoms with van der Waals surface area (Å²) in [5.41, 5.74) is 3.33. The number of rotatable bonds is 2. The fourth-order valence-electron chi connectivity index (χ4n) is 4.50. The highest BCUT2D eigenvalue weighted by atomic mass is 16.2. The molecule has 2 atom stereocenters. The molecule has 0 spiro atoms. The maximum Gasteiger partial charge on any atom is 0.253 e. The van der Waals surface area contributed by atoms with E-state index in [0.29, 0.717) is 23.6 Å². The van der Waals surface area contributed by atoms with Gasteiger partial charge in [0.25, 0.3) is 5.91 Å². The number of hydrogen-bond donors (Lipinski definition) is 0. The third-order valence-corrected chi connectivity index (χ3v) is 5.88. The van der Waals surface area contributed by atoms with Crippen molar-refractivity contribution in [3.8, 4) is 17.3 Å². The number of benzene rings is 1. The zero-order valence-corrected chi connectivity index (χ0v) is 15.3. The van der Waals surface area contributed by atoms with Crippen LogP contribution in [0.2, 0.25) is 0 Å². The van der Waals surface area contributed by atoms with Crippen LogP contribution in [0.1, 0.15) is 34.1 Å². The molecule has 0 bridgehead atoms. The fraction of sp³-hybridized carbons (Fsp3) is 0.273. The van der Waals surface area contributed by atoms with E-state index >= 15 is 0 Å². The smallest absolute Gasteiger partial charge is 0.253 e. The van der Waals surface area contributed by atoms with Gasteiger partial charge in [0.05, 0.1) is 23.5 Å². The second-order valence-corrected chi connectivity index (χ2v) is 7.45. The minimum Gasteiger partial charge on any atom is -0.338 e. The van der Waals surface area contributed by atoms with E-state index in [1.807, 2.05) is 23.2 Å². The van der Waals surface area contributed by atoms with Crippen molar-refractivity contribution in [1.82, 2.24) is 19.4 Å². The first-order chi connectivity index (χ1) is 13.7. The minimum absolute atomic E-state index is 0.000960. The lowest BCUT2D eigenvalue weighted by Gasteiger charge is -2.26. The molecular weight excluding hydrogens is 350 g/mol. The second kappa shape index (κ2) is 6.61. The molecule has 0 unspecified atom stereocenters. The molecule has 138 valence electrons. The maximum absolute atomic E-state index is 13.0. The average molecular weight is 369 g/mol. The van der Waals surface area contributed by atoms with E-state index in [4.69, 9.17) is 10.2 Å². The Morgan fingerprint density at radius 2 is 2.04 bits per heavy atom. The molecule has 0 radical (unpaired) electrons. The van der Waals surface area contributed by atoms with Crippen molar-refractivity contribution >= 4 is 5.91 Å². The lowest BCUT2D eigenvalue weighted by atomic mass is 9.89. The highest BCUT2D eigenvalue weighted by Gasteiger charge is 2.41. The molecule has 2 aliphatic heterocycles. The number of carbonyl (C=O) groups is 1. The van der Waals surface area contributed by atoms with Crippen molar-refractivity contribution in [3.63, 3.8) is 0 Å². The number of hydrogen-bond acceptors (Lipinski definition) is 4. The van der Waals surface area contributed by atoms with Gasteiger partial charge in [0.1, 0.15) is 5.82 Å². The van der Waals surface area contributed by atoms with E-state index in [2.05, 4.69) is 15.6 Å². The van der Waals surface area contributed by atoms with Gasteiger partial charge in [-0.3, -0.25) is 9.78 Å². The fourth-order valence-corrected chi connectivity index (χ4v) is 4.50. The first-order valence-electron chi connectivity index (χ1n) is 9.50. The Kier molecular flexibility index (Phi) is 3.94. The lowest BCUT2D eigenvalue weighted by molar-refractivity contribution is 0.0785. The SMILES string of the molecule is N#Cc1cccc(C(=O)N2C[C@@H]3CCn4c(-c5ccncc5)cnc4[C@H]3C2)c1. The van der Waals surface area contributed by atoms with Gasteiger partial charge in [0.15, 0.2) is 0 Å². The molecule has 0 saturated carbocycles. The van der Waals surface area contributed by atoms with Crippen LogP contribution in [0.5, 0.6) is 0 Å². The van der Waals surface area contributed by atoms with Crippen LogP contribution in [0.25, 0.3) is 11.3 Å². The van der Waals surface area contributed by atoms with Crippen LogP contribution in [0, 0.1) is 17.2 Å². The molecule has 5 rings (SSSR count). The summed E-state index contributed by atoms with van der Waals surface area (Å²) in [4.78, 5) is 23.7. The molecule has 4 heterocycles. The van der Waals surface area contributed by atoms with Crippen LogP contribution in [-0.2, 0) is 6.54 Å². The molecule has 1 amide bonds. The third-order valence-electron chi connectivity index (χ3n) is 5.88. The number of aromatic nitrogens is 3. The molecule has 2 aliphatic rings. The Bertz CT molecular complexity index is 1080. The van der Waals surface area contributed by atoms with Gasteiger partial charge in [-0.05, 0) is 42.7 Å². The van der Waals surface area contributed by atoms with E-state index in [0.717, 1.165) is 36.6 Å². The van der Waals surface area contributed by atoms with Crippen LogP contribution in [0.4, 0.5) is 0 Å². The van der Waals surface area contributed by atoms with Gasteiger partial charge < -0.3 is 9.47 Å². The van der Waals surface area contributed by atoms with E-state index < -0.39 is 0 Å². The number of likely N-dealkylation sites (tertiary alicyclic amines) is 1. The van der Waals surface area contributed by atoms with Crippen LogP contribution < -0.4 is 0 Å². The van der Waals surface area contributed by atoms with Crippen molar-refractivity contribution in [3.05, 3.63) is 71.9 Å². The summed E-state index contributed by atoms with van der Waals surface area (Å²) in [7, 11) is 0. The number of nitriles is 1. The zero-order chi connectivity index (χ0) is 19.1. The van der Waals surface area contributed by atoms with Gasteiger partial charge in [-0.2, -0.15) is 5.26 Å². The Balaban J connectivity index is 1.42. The van der Waals surface area contributed by atoms with Crippen molar-refractivity contribution in [2.45, 2.75) is 18.9 Å². The summed E-state index contributed by atoms with van der Waals surface area (Å²) < 4.78 is 2.29. The van der Waals surface area contributed by atoms with Crippen molar-refractivity contribution in [2.75, 3.05) is 13.1 Å². The number of nitrogens with zero attached hydrogens (tertiary/aromatic N) is 5. The third kappa shape index (κ3) is 2.67. The summed E-state index contributed by atoms with van der Waals surface area (Å²) in [5, 5.41) is 9.09. The lowest BCUT2D eigenvalue weighted by Crippen LogP contribution is -2.28. The summed E-state index contributed by atoms with van der Waals surface area (Å²) in [6.07, 6.45) is 6.57. The summed E-state index contributed by atoms with van der Waals surface area (Å²) in [6.45, 7) is 2.34. The van der Waals surface area contributed by atoms with Crippen molar-refractivity contribution in [1.29, 1.82) is 5.26 Å². The maximum atomic E-state index is 13.0. The quantitative estimate of drug-likeness (QED) is 0.696. The van der Waals surface area contributed by atoms with E-state index in [1.54, 1.807) is 36.7 Å². The van der Waals surface area contributed by atoms with Crippen molar-refractivity contribution in [2.24, 2.45) is 5.92 Å². The molecule has 1 aromatic carbocycles. The average Bonchev–Trinajstić information content (AvgIpc) is 3.37. The minimum atomic E-state index is -0.000960. The van der Waals surface area contributed by atoms with Crippen molar-refractivity contribution < 1.29 is 4.79 Å². The molecule has 28 heavy (non-hydrogen) atoms. The van der Waals surface area contributed by atoms with Gasteiger partial charge in [0.2, 0.25) is 0 Å². The summed E-state index contributed by atoms with van der Waals surface area (Å²) in [5.74, 6) is 1.76. The summed E-state index contributed by atoms with van der Waals surface area (Å²) >= 11 is 0. The normalized spacial score (nSPS) is 20.3. The largest absolute Gasteiger partial charge is 0.338 e. The number of carbonyl (C=O) groups excluding carboxylic acids is 1. The van der Waals surface area contributed by atoms with Gasteiger partial charge in [-0.1, -0.05) is 6.07 Å². The van der Waals surface area contributed by atoms with Crippen LogP contribution in [0.15, 0.2) is 55.0 Å². The first-order valence-corrected chi connectivity index (χ1v) is 9.50. The zero-order valence-electron chi connectivity index (χ0n) is 15.3. The molecule has 0 N–H and O–H groups in total. The van der Waals surface area contributed by atoms with Gasteiger partial charge in [-0.25, -0.2) is 4.98 Å². The van der Waals surface area contributed by atoms with Gasteiger partial charge >= 0.3 is 0 Å². The summed E-state index contributed by atoms with van der Waals surface area (Å²) in [6, 6.07) is 13.1. The topological polar surface area (TPSA) is 74.8 Å². The van der Waals surface area contributed by atoms with Gasteiger partial charge in [-0.15, -0.1) is 0 Å². The number of imidazole rings is 1. The molecule has 6 nitrogen and oxygen atoms in total. The molecule has 6 heteroatoms. The van der Waals surface area contributed by atoms with E-state index in [-0.39, 0.29) is 11.8 Å². The molecule has 0 aliphatic carbocycles. The molecule has 1 fully saturated rings. The number of pyridine rings is 1. The predicted molar refractivity (Wildman–Crippen MR) is 103 cm³/mol. The number of fused-ring (bicyclic) bond motifs is 3. The predicted octanol–water partition coefficient (Wildman–Crippen LogP) is 3.08. The van der Waals surface area contributed by atoms with Crippen LogP contribution in [-0.4, -0.2) is 38.4 Å². The Labute approximate surface area is 163 Å².